The Bertz CT molecular complexity index is 912. The number of hydrogen-bond donors (Lipinski definition) is 3. The Balaban J connectivity index is 1.52. The molecule has 0 unspecified atom stereocenters. The molecule has 5 nitrogen and oxygen atoms in total. The van der Waals surface area contributed by atoms with Crippen LogP contribution in [0, 0.1) is 0 Å². The van der Waals surface area contributed by atoms with Gasteiger partial charge < -0.3 is 5.32 Å². The first kappa shape index (κ1) is 18.0. The molecule has 0 aliphatic rings. The third kappa shape index (κ3) is 5.61. The Labute approximate surface area is 154 Å². The van der Waals surface area contributed by atoms with Crippen molar-refractivity contribution in [1.82, 2.24) is 5.32 Å². The average Bonchev–Trinajstić information content (AvgIpc) is 2.64. The van der Waals surface area contributed by atoms with Gasteiger partial charge in [-0.25, -0.2) is 0 Å². The zero-order chi connectivity index (χ0) is 18.2. The van der Waals surface area contributed by atoms with E-state index in [1.807, 2.05) is 36.4 Å². The average molecular weight is 367 g/mol. The molecule has 0 atom stereocenters. The largest absolute Gasteiger partial charge is 0.321 e. The van der Waals surface area contributed by atoms with Gasteiger partial charge in [0.1, 0.15) is 0 Å². The maximum atomic E-state index is 12.1. The molecule has 3 rings (SSSR count). The van der Waals surface area contributed by atoms with Crippen molar-refractivity contribution >= 4 is 21.6 Å². The van der Waals surface area contributed by atoms with E-state index in [9.17, 15) is 8.42 Å². The van der Waals surface area contributed by atoms with Crippen LogP contribution in [0.1, 0.15) is 11.1 Å². The number of hydrogen-bond acceptors (Lipinski definition) is 3. The van der Waals surface area contributed by atoms with Crippen LogP contribution in [0.4, 0.5) is 11.4 Å². The summed E-state index contributed by atoms with van der Waals surface area (Å²) in [6.45, 7) is 1.50. The van der Waals surface area contributed by atoms with E-state index < -0.39 is 10.2 Å². The minimum Gasteiger partial charge on any atom is -0.309 e. The molecule has 0 aliphatic heterocycles. The summed E-state index contributed by atoms with van der Waals surface area (Å²) in [7, 11) is -3.67. The van der Waals surface area contributed by atoms with Crippen molar-refractivity contribution in [3.05, 3.63) is 96.1 Å². The van der Waals surface area contributed by atoms with Crippen molar-refractivity contribution in [3.8, 4) is 0 Å². The van der Waals surface area contributed by atoms with Crippen LogP contribution in [-0.2, 0) is 23.3 Å². The van der Waals surface area contributed by atoms with Gasteiger partial charge in [0.25, 0.3) is 0 Å². The van der Waals surface area contributed by atoms with Crippen LogP contribution in [0.25, 0.3) is 0 Å². The Kier molecular flexibility index (Phi) is 5.88. The fourth-order valence-corrected chi connectivity index (χ4v) is 3.42. The molecule has 0 aromatic heterocycles. The van der Waals surface area contributed by atoms with Crippen LogP contribution in [0.2, 0.25) is 0 Å². The molecule has 0 saturated heterocycles. The summed E-state index contributed by atoms with van der Waals surface area (Å²) in [6.07, 6.45) is 0. The summed E-state index contributed by atoms with van der Waals surface area (Å²) in [5.74, 6) is 0. The van der Waals surface area contributed by atoms with Crippen molar-refractivity contribution in [3.63, 3.8) is 0 Å². The first-order valence-corrected chi connectivity index (χ1v) is 9.78. The minimum atomic E-state index is -3.67. The van der Waals surface area contributed by atoms with Crippen molar-refractivity contribution < 1.29 is 8.42 Å². The van der Waals surface area contributed by atoms with Gasteiger partial charge in [0, 0.05) is 13.1 Å². The van der Waals surface area contributed by atoms with Crippen molar-refractivity contribution in [2.75, 3.05) is 9.44 Å². The number of anilines is 2. The summed E-state index contributed by atoms with van der Waals surface area (Å²) in [6, 6.07) is 26.2. The minimum absolute atomic E-state index is 0.514. The zero-order valence-electron chi connectivity index (χ0n) is 14.2. The highest BCUT2D eigenvalue weighted by Gasteiger charge is 2.09. The second-order valence-corrected chi connectivity index (χ2v) is 7.27. The Morgan fingerprint density at radius 2 is 1.04 bits per heavy atom. The lowest BCUT2D eigenvalue weighted by Crippen LogP contribution is -2.21. The molecular formula is C20H21N3O2S. The molecule has 3 aromatic rings. The van der Waals surface area contributed by atoms with E-state index in [2.05, 4.69) is 26.9 Å². The monoisotopic (exact) mass is 367 g/mol. The van der Waals surface area contributed by atoms with Gasteiger partial charge in [-0.2, -0.15) is 8.42 Å². The summed E-state index contributed by atoms with van der Waals surface area (Å²) >= 11 is 0. The molecule has 0 radical (unpaired) electrons. The molecule has 6 heteroatoms. The Morgan fingerprint density at radius 3 is 1.62 bits per heavy atom. The van der Waals surface area contributed by atoms with E-state index >= 15 is 0 Å². The number of rotatable bonds is 8. The quantitative estimate of drug-likeness (QED) is 0.568. The third-order valence-corrected chi connectivity index (χ3v) is 4.74. The molecule has 134 valence electrons. The van der Waals surface area contributed by atoms with E-state index in [-0.39, 0.29) is 0 Å². The molecule has 3 aromatic carbocycles. The highest BCUT2D eigenvalue weighted by molar-refractivity contribution is 7.94. The fraction of sp³-hybridized carbons (Fsp3) is 0.100. The van der Waals surface area contributed by atoms with Gasteiger partial charge in [-0.3, -0.25) is 9.44 Å². The normalized spacial score (nSPS) is 11.1. The van der Waals surface area contributed by atoms with Gasteiger partial charge in [0.15, 0.2) is 0 Å². The van der Waals surface area contributed by atoms with E-state index in [1.54, 1.807) is 36.4 Å². The molecule has 0 amide bonds. The second-order valence-electron chi connectivity index (χ2n) is 5.86. The van der Waals surface area contributed by atoms with Gasteiger partial charge >= 0.3 is 10.2 Å². The van der Waals surface area contributed by atoms with Gasteiger partial charge in [0.2, 0.25) is 0 Å². The number of benzene rings is 3. The van der Waals surface area contributed by atoms with E-state index in [1.165, 1.54) is 5.56 Å². The standard InChI is InChI=1S/C20H21N3O2S/c24-26(25,22-19-9-5-2-6-10-19)23-20-13-11-18(12-14-20)16-21-15-17-7-3-1-4-8-17/h1-14,21-23H,15-16H2. The lowest BCUT2D eigenvalue weighted by Gasteiger charge is -2.11. The predicted octanol–water partition coefficient (Wildman–Crippen LogP) is 3.75. The third-order valence-electron chi connectivity index (χ3n) is 3.73. The number of para-hydroxylation sites is 1. The molecule has 0 saturated carbocycles. The SMILES string of the molecule is O=S(=O)(Nc1ccccc1)Nc1ccc(CNCc2ccccc2)cc1. The van der Waals surface area contributed by atoms with Crippen LogP contribution < -0.4 is 14.8 Å². The lowest BCUT2D eigenvalue weighted by atomic mass is 10.2. The fourth-order valence-electron chi connectivity index (χ4n) is 2.48. The first-order valence-electron chi connectivity index (χ1n) is 8.30. The van der Waals surface area contributed by atoms with E-state index in [4.69, 9.17) is 0 Å². The van der Waals surface area contributed by atoms with Gasteiger partial charge in [-0.05, 0) is 35.4 Å². The molecule has 0 fully saturated rings. The molecule has 26 heavy (non-hydrogen) atoms. The predicted molar refractivity (Wildman–Crippen MR) is 106 cm³/mol. The molecule has 0 aliphatic carbocycles. The second kappa shape index (κ2) is 8.51. The van der Waals surface area contributed by atoms with Crippen LogP contribution in [0.3, 0.4) is 0 Å². The highest BCUT2D eigenvalue weighted by Crippen LogP contribution is 2.14. The van der Waals surface area contributed by atoms with Gasteiger partial charge in [-0.1, -0.05) is 60.7 Å². The smallest absolute Gasteiger partial charge is 0.309 e. The molecule has 0 spiro atoms. The summed E-state index contributed by atoms with van der Waals surface area (Å²) in [5, 5.41) is 3.37. The Morgan fingerprint density at radius 1 is 0.577 bits per heavy atom. The maximum absolute atomic E-state index is 12.1. The molecular weight excluding hydrogens is 346 g/mol. The van der Waals surface area contributed by atoms with Crippen LogP contribution in [0.5, 0.6) is 0 Å². The van der Waals surface area contributed by atoms with E-state index in [0.29, 0.717) is 17.9 Å². The Hall–Kier alpha value is -2.83. The van der Waals surface area contributed by atoms with Crippen molar-refractivity contribution in [2.45, 2.75) is 13.1 Å². The van der Waals surface area contributed by atoms with Crippen LogP contribution in [-0.4, -0.2) is 8.42 Å². The van der Waals surface area contributed by atoms with Gasteiger partial charge in [-0.15, -0.1) is 0 Å². The van der Waals surface area contributed by atoms with Crippen LogP contribution in [0.15, 0.2) is 84.9 Å². The summed E-state index contributed by atoms with van der Waals surface area (Å²) < 4.78 is 29.3. The van der Waals surface area contributed by atoms with Crippen molar-refractivity contribution in [2.24, 2.45) is 0 Å². The van der Waals surface area contributed by atoms with Crippen LogP contribution >= 0.6 is 0 Å². The maximum Gasteiger partial charge on any atom is 0.321 e. The molecule has 0 heterocycles. The number of nitrogens with one attached hydrogen (secondary N) is 3. The molecule has 0 bridgehead atoms. The first-order chi connectivity index (χ1) is 12.6. The van der Waals surface area contributed by atoms with E-state index in [0.717, 1.165) is 12.1 Å². The zero-order valence-corrected chi connectivity index (χ0v) is 15.0. The van der Waals surface area contributed by atoms with Gasteiger partial charge in [0.05, 0.1) is 11.4 Å². The van der Waals surface area contributed by atoms with Crippen molar-refractivity contribution in [1.29, 1.82) is 0 Å². The lowest BCUT2D eigenvalue weighted by molar-refractivity contribution is 0.606. The summed E-state index contributed by atoms with van der Waals surface area (Å²) in [4.78, 5) is 0. The highest BCUT2D eigenvalue weighted by atomic mass is 32.2. The summed E-state index contributed by atoms with van der Waals surface area (Å²) in [5.41, 5.74) is 3.34. The topological polar surface area (TPSA) is 70.2 Å². The molecule has 3 N–H and O–H groups in total.